The Morgan fingerprint density at radius 1 is 1.08 bits per heavy atom. The van der Waals surface area contributed by atoms with Gasteiger partial charge in [-0.15, -0.1) is 0 Å². The van der Waals surface area contributed by atoms with Crippen LogP contribution >= 0.6 is 0 Å². The van der Waals surface area contributed by atoms with Crippen molar-refractivity contribution in [2.45, 2.75) is 0 Å². The fourth-order valence-electron chi connectivity index (χ4n) is 2.46. The number of rotatable bonds is 3. The summed E-state index contributed by atoms with van der Waals surface area (Å²) in [5, 5.41) is 0.694. The Balaban J connectivity index is 2.23. The van der Waals surface area contributed by atoms with Crippen LogP contribution in [0.5, 0.6) is 5.75 Å². The molecule has 1 aromatic heterocycles. The van der Waals surface area contributed by atoms with Gasteiger partial charge in [-0.2, -0.15) is 4.99 Å². The minimum atomic E-state index is -0.502. The number of hydrogen-bond donors (Lipinski definition) is 2. The van der Waals surface area contributed by atoms with Crippen LogP contribution < -0.4 is 16.2 Å². The number of benzene rings is 2. The largest absolute Gasteiger partial charge is 0.497 e. The average molecular weight is 320 g/mol. The van der Waals surface area contributed by atoms with Gasteiger partial charge in [0.25, 0.3) is 5.91 Å². The molecule has 1 heterocycles. The van der Waals surface area contributed by atoms with E-state index in [2.05, 4.69) is 9.98 Å². The highest BCUT2D eigenvalue weighted by atomic mass is 16.5. The number of nitrogens with zero attached hydrogens (tertiary/aromatic N) is 2. The van der Waals surface area contributed by atoms with Crippen molar-refractivity contribution in [2.24, 2.45) is 16.5 Å². The van der Waals surface area contributed by atoms with Crippen molar-refractivity contribution in [3.8, 4) is 17.0 Å². The Bertz CT molecular complexity index is 947. The number of para-hydroxylation sites is 1. The molecule has 6 heteroatoms. The quantitative estimate of drug-likeness (QED) is 0.569. The fraction of sp³-hybridized carbons (Fsp3) is 0.0556. The number of hydrogen-bond acceptors (Lipinski definition) is 3. The Morgan fingerprint density at radius 2 is 1.88 bits per heavy atom. The molecule has 120 valence electrons. The van der Waals surface area contributed by atoms with E-state index in [1.165, 1.54) is 0 Å². The molecule has 0 radical (unpaired) electrons. The van der Waals surface area contributed by atoms with Gasteiger partial charge in [0, 0.05) is 10.9 Å². The van der Waals surface area contributed by atoms with Gasteiger partial charge in [0.15, 0.2) is 5.96 Å². The molecule has 0 saturated heterocycles. The van der Waals surface area contributed by atoms with Gasteiger partial charge in [0.05, 0.1) is 23.9 Å². The number of amides is 1. The summed E-state index contributed by atoms with van der Waals surface area (Å²) in [5.74, 6) is -0.0684. The second kappa shape index (κ2) is 6.37. The highest BCUT2D eigenvalue weighted by molar-refractivity contribution is 6.10. The van der Waals surface area contributed by atoms with Crippen molar-refractivity contribution >= 4 is 22.8 Å². The van der Waals surface area contributed by atoms with Gasteiger partial charge in [-0.25, -0.2) is 4.98 Å². The lowest BCUT2D eigenvalue weighted by Crippen LogP contribution is -2.24. The Hall–Kier alpha value is -3.41. The zero-order valence-corrected chi connectivity index (χ0v) is 13.1. The van der Waals surface area contributed by atoms with Crippen LogP contribution in [0.2, 0.25) is 0 Å². The molecule has 0 saturated carbocycles. The summed E-state index contributed by atoms with van der Waals surface area (Å²) in [6, 6.07) is 16.5. The van der Waals surface area contributed by atoms with Crippen LogP contribution in [0, 0.1) is 0 Å². The monoisotopic (exact) mass is 320 g/mol. The van der Waals surface area contributed by atoms with Crippen LogP contribution in [0.25, 0.3) is 22.2 Å². The topological polar surface area (TPSA) is 104 Å². The van der Waals surface area contributed by atoms with Gasteiger partial charge < -0.3 is 16.2 Å². The lowest BCUT2D eigenvalue weighted by molar-refractivity contribution is 0.100. The van der Waals surface area contributed by atoms with E-state index in [9.17, 15) is 4.79 Å². The van der Waals surface area contributed by atoms with Gasteiger partial charge in [0.2, 0.25) is 0 Å². The lowest BCUT2D eigenvalue weighted by Gasteiger charge is -2.09. The van der Waals surface area contributed by atoms with Gasteiger partial charge in [-0.1, -0.05) is 30.3 Å². The van der Waals surface area contributed by atoms with E-state index >= 15 is 0 Å². The first-order valence-corrected chi connectivity index (χ1v) is 7.26. The fourth-order valence-corrected chi connectivity index (χ4v) is 2.46. The highest BCUT2D eigenvalue weighted by Gasteiger charge is 2.14. The average Bonchev–Trinajstić information content (AvgIpc) is 2.60. The third-order valence-electron chi connectivity index (χ3n) is 3.54. The molecule has 3 aromatic rings. The van der Waals surface area contributed by atoms with E-state index < -0.39 is 5.91 Å². The number of fused-ring (bicyclic) bond motifs is 1. The maximum atomic E-state index is 12.4. The molecule has 0 unspecified atom stereocenters. The molecule has 3 rings (SSSR count). The Labute approximate surface area is 138 Å². The molecule has 0 aliphatic carbocycles. The third kappa shape index (κ3) is 3.03. The number of ether oxygens (including phenoxy) is 1. The zero-order chi connectivity index (χ0) is 17.1. The van der Waals surface area contributed by atoms with E-state index in [1.54, 1.807) is 13.2 Å². The third-order valence-corrected chi connectivity index (χ3v) is 3.54. The summed E-state index contributed by atoms with van der Waals surface area (Å²) >= 11 is 0. The number of pyridine rings is 1. The van der Waals surface area contributed by atoms with Crippen molar-refractivity contribution in [3.05, 3.63) is 60.2 Å². The molecule has 4 N–H and O–H groups in total. The molecular formula is C18H16N4O2. The van der Waals surface area contributed by atoms with E-state index in [4.69, 9.17) is 16.2 Å². The zero-order valence-electron chi connectivity index (χ0n) is 13.1. The molecule has 2 aromatic carbocycles. The maximum absolute atomic E-state index is 12.4. The summed E-state index contributed by atoms with van der Waals surface area (Å²) in [6.07, 6.45) is 0. The molecular weight excluding hydrogens is 304 g/mol. The molecule has 6 nitrogen and oxygen atoms in total. The molecule has 0 aliphatic rings. The van der Waals surface area contributed by atoms with E-state index in [0.29, 0.717) is 27.9 Å². The highest BCUT2D eigenvalue weighted by Crippen LogP contribution is 2.27. The second-order valence-corrected chi connectivity index (χ2v) is 5.15. The van der Waals surface area contributed by atoms with Gasteiger partial charge in [-0.3, -0.25) is 4.79 Å². The first kappa shape index (κ1) is 15.5. The molecule has 0 fully saturated rings. The number of aromatic nitrogens is 1. The van der Waals surface area contributed by atoms with Crippen LogP contribution in [0.4, 0.5) is 0 Å². The van der Waals surface area contributed by atoms with Crippen LogP contribution in [0.1, 0.15) is 10.4 Å². The van der Waals surface area contributed by atoms with Crippen LogP contribution in [0.15, 0.2) is 59.6 Å². The summed E-state index contributed by atoms with van der Waals surface area (Å²) in [7, 11) is 1.60. The van der Waals surface area contributed by atoms with Crippen molar-refractivity contribution in [2.75, 3.05) is 7.11 Å². The number of carbonyl (C=O) groups is 1. The maximum Gasteiger partial charge on any atom is 0.280 e. The summed E-state index contributed by atoms with van der Waals surface area (Å²) in [5.41, 5.74) is 13.2. The van der Waals surface area contributed by atoms with Crippen LogP contribution in [-0.4, -0.2) is 24.0 Å². The number of aliphatic imine (C=N–C) groups is 1. The summed E-state index contributed by atoms with van der Waals surface area (Å²) in [6.45, 7) is 0. The van der Waals surface area contributed by atoms with Crippen molar-refractivity contribution < 1.29 is 9.53 Å². The smallest absolute Gasteiger partial charge is 0.280 e. The molecule has 0 bridgehead atoms. The summed E-state index contributed by atoms with van der Waals surface area (Å²) in [4.78, 5) is 20.6. The van der Waals surface area contributed by atoms with Crippen molar-refractivity contribution in [3.63, 3.8) is 0 Å². The van der Waals surface area contributed by atoms with Crippen molar-refractivity contribution in [1.29, 1.82) is 0 Å². The molecule has 0 spiro atoms. The minimum Gasteiger partial charge on any atom is -0.497 e. The standard InChI is InChI=1S/C18H16N4O2/c1-24-12-6-4-5-11(9-12)16-10-14(17(23)22-18(19)20)13-7-2-3-8-15(13)21-16/h2-10H,1H3,(H4,19,20,22,23). The van der Waals surface area contributed by atoms with Crippen molar-refractivity contribution in [1.82, 2.24) is 4.98 Å². The molecule has 24 heavy (non-hydrogen) atoms. The van der Waals surface area contributed by atoms with E-state index in [0.717, 1.165) is 5.56 Å². The van der Waals surface area contributed by atoms with E-state index in [-0.39, 0.29) is 5.96 Å². The Kier molecular flexibility index (Phi) is 4.11. The molecule has 0 atom stereocenters. The normalized spacial score (nSPS) is 10.4. The molecule has 1 amide bonds. The Morgan fingerprint density at radius 3 is 2.62 bits per heavy atom. The number of carbonyl (C=O) groups excluding carboxylic acids is 1. The van der Waals surface area contributed by atoms with Gasteiger partial charge >= 0.3 is 0 Å². The SMILES string of the molecule is COc1cccc(-c2cc(C(=O)N=C(N)N)c3ccccc3n2)c1. The van der Waals surface area contributed by atoms with E-state index in [1.807, 2.05) is 48.5 Å². The molecule has 0 aliphatic heterocycles. The first-order chi connectivity index (χ1) is 11.6. The second-order valence-electron chi connectivity index (χ2n) is 5.15. The van der Waals surface area contributed by atoms with Gasteiger partial charge in [-0.05, 0) is 24.3 Å². The lowest BCUT2D eigenvalue weighted by atomic mass is 10.0. The summed E-state index contributed by atoms with van der Waals surface area (Å²) < 4.78 is 5.24. The minimum absolute atomic E-state index is 0.274. The first-order valence-electron chi connectivity index (χ1n) is 7.26. The number of methoxy groups -OCH3 is 1. The predicted octanol–water partition coefficient (Wildman–Crippen LogP) is 2.32. The number of nitrogens with two attached hydrogens (primary N) is 2. The van der Waals surface area contributed by atoms with Gasteiger partial charge in [0.1, 0.15) is 5.75 Å². The van der Waals surface area contributed by atoms with Crippen LogP contribution in [0.3, 0.4) is 0 Å². The predicted molar refractivity (Wildman–Crippen MR) is 93.9 cm³/mol. The number of guanidine groups is 1. The van der Waals surface area contributed by atoms with Crippen LogP contribution in [-0.2, 0) is 0 Å².